The highest BCUT2D eigenvalue weighted by molar-refractivity contribution is 7.21. The number of aromatic nitrogens is 3. The smallest absolute Gasteiger partial charge is 0.224 e. The third-order valence-corrected chi connectivity index (χ3v) is 7.68. The lowest BCUT2D eigenvalue weighted by Crippen LogP contribution is -2.23. The number of aliphatic hydroxyl groups excluding tert-OH is 1. The molecule has 3 aromatic rings. The first-order valence-electron chi connectivity index (χ1n) is 10.8. The molecule has 2 aromatic heterocycles. The van der Waals surface area contributed by atoms with Crippen LogP contribution in [0.4, 0.5) is 11.8 Å². The summed E-state index contributed by atoms with van der Waals surface area (Å²) in [4.78, 5) is 14.5. The van der Waals surface area contributed by atoms with Crippen LogP contribution in [0.3, 0.4) is 0 Å². The Balaban J connectivity index is 1.51. The van der Waals surface area contributed by atoms with Gasteiger partial charge in [-0.15, -0.1) is 11.3 Å². The Kier molecular flexibility index (Phi) is 4.71. The summed E-state index contributed by atoms with van der Waals surface area (Å²) in [7, 11) is 0. The van der Waals surface area contributed by atoms with Gasteiger partial charge in [0.2, 0.25) is 5.95 Å². The average molecular weight is 424 g/mol. The number of nitrogens with zero attached hydrogens (tertiary/aromatic N) is 3. The molecule has 0 bridgehead atoms. The fraction of sp³-hybridized carbons (Fsp3) is 0.522. The molecule has 0 aliphatic heterocycles. The molecule has 4 atom stereocenters. The standard InChI is InChI=1S/C23H29N5OS/c1-12(2)11-24-22-25-13(3)18(21-27-16-7-5-6-8-17(16)30-21)20(28-22)26-14-9-15-19(29)23(15,4)10-14/h5-8,12,14-15,19,29H,9-11H2,1-4H3,(H2,24,25,26,28)/t14-,15-,19?,23-/m1/s1. The number of para-hydroxylation sites is 1. The number of hydrogen-bond donors (Lipinski definition) is 3. The molecule has 1 aromatic carbocycles. The summed E-state index contributed by atoms with van der Waals surface area (Å²) >= 11 is 1.68. The van der Waals surface area contributed by atoms with Gasteiger partial charge in [0.25, 0.3) is 0 Å². The first-order chi connectivity index (χ1) is 14.3. The number of rotatable bonds is 6. The molecule has 2 fully saturated rings. The highest BCUT2D eigenvalue weighted by Crippen LogP contribution is 2.63. The second kappa shape index (κ2) is 7.17. The summed E-state index contributed by atoms with van der Waals surface area (Å²) in [6.07, 6.45) is 1.81. The van der Waals surface area contributed by atoms with E-state index in [1.807, 2.05) is 25.1 Å². The van der Waals surface area contributed by atoms with E-state index in [0.29, 0.717) is 23.8 Å². The van der Waals surface area contributed by atoms with Crippen LogP contribution in [0, 0.1) is 24.2 Å². The first-order valence-corrected chi connectivity index (χ1v) is 11.6. The van der Waals surface area contributed by atoms with Crippen molar-refractivity contribution in [2.45, 2.75) is 52.7 Å². The average Bonchev–Trinajstić information content (AvgIpc) is 3.06. The summed E-state index contributed by atoms with van der Waals surface area (Å²) in [5, 5.41) is 18.1. The summed E-state index contributed by atoms with van der Waals surface area (Å²) < 4.78 is 1.16. The monoisotopic (exact) mass is 423 g/mol. The molecule has 2 aliphatic carbocycles. The van der Waals surface area contributed by atoms with Crippen molar-refractivity contribution in [2.75, 3.05) is 17.2 Å². The first kappa shape index (κ1) is 19.7. The summed E-state index contributed by atoms with van der Waals surface area (Å²) in [6.45, 7) is 9.40. The molecule has 0 radical (unpaired) electrons. The molecule has 2 aliphatic rings. The summed E-state index contributed by atoms with van der Waals surface area (Å²) in [5.41, 5.74) is 2.97. The number of hydrogen-bond acceptors (Lipinski definition) is 7. The highest BCUT2D eigenvalue weighted by atomic mass is 32.1. The SMILES string of the molecule is Cc1nc(NCC(C)C)nc(N[C@@H]2C[C@@H]3C(O)[C@]3(C)C2)c1-c1nc2ccccc2s1. The van der Waals surface area contributed by atoms with Gasteiger partial charge in [-0.1, -0.05) is 32.9 Å². The predicted molar refractivity (Wildman–Crippen MR) is 123 cm³/mol. The molecule has 3 N–H and O–H groups in total. The van der Waals surface area contributed by atoms with Crippen molar-refractivity contribution in [3.05, 3.63) is 30.0 Å². The van der Waals surface area contributed by atoms with Crippen molar-refractivity contribution in [1.29, 1.82) is 0 Å². The minimum atomic E-state index is -0.144. The predicted octanol–water partition coefficient (Wildman–Crippen LogP) is 4.70. The highest BCUT2D eigenvalue weighted by Gasteiger charge is 2.65. The third-order valence-electron chi connectivity index (χ3n) is 6.63. The Morgan fingerprint density at radius 1 is 1.23 bits per heavy atom. The number of thiazole rings is 1. The van der Waals surface area contributed by atoms with Gasteiger partial charge in [-0.2, -0.15) is 4.98 Å². The Morgan fingerprint density at radius 2 is 2.03 bits per heavy atom. The molecule has 158 valence electrons. The lowest BCUT2D eigenvalue weighted by atomic mass is 10.0. The molecule has 0 spiro atoms. The van der Waals surface area contributed by atoms with Crippen LogP contribution in [-0.2, 0) is 0 Å². The zero-order valence-electron chi connectivity index (χ0n) is 17.9. The van der Waals surface area contributed by atoms with Crippen LogP contribution in [0.15, 0.2) is 24.3 Å². The van der Waals surface area contributed by atoms with Crippen molar-refractivity contribution in [1.82, 2.24) is 15.0 Å². The molecule has 2 saturated carbocycles. The second-order valence-corrected chi connectivity index (χ2v) is 10.5. The van der Waals surface area contributed by atoms with Crippen molar-refractivity contribution in [3.63, 3.8) is 0 Å². The number of anilines is 2. The van der Waals surface area contributed by atoms with Gasteiger partial charge < -0.3 is 15.7 Å². The van der Waals surface area contributed by atoms with Crippen LogP contribution < -0.4 is 10.6 Å². The number of fused-ring (bicyclic) bond motifs is 2. The van der Waals surface area contributed by atoms with Crippen LogP contribution in [-0.4, -0.2) is 38.7 Å². The van der Waals surface area contributed by atoms with Crippen molar-refractivity contribution in [2.24, 2.45) is 17.3 Å². The van der Waals surface area contributed by atoms with Gasteiger partial charge in [0.15, 0.2) is 0 Å². The van der Waals surface area contributed by atoms with Gasteiger partial charge in [-0.25, -0.2) is 9.97 Å². The Hall–Kier alpha value is -2.25. The Labute approximate surface area is 181 Å². The zero-order chi connectivity index (χ0) is 21.0. The number of aryl methyl sites for hydroxylation is 1. The third kappa shape index (κ3) is 3.34. The van der Waals surface area contributed by atoms with E-state index in [-0.39, 0.29) is 11.5 Å². The van der Waals surface area contributed by atoms with Gasteiger partial charge in [-0.05, 0) is 43.7 Å². The van der Waals surface area contributed by atoms with Crippen LogP contribution in [0.1, 0.15) is 39.3 Å². The van der Waals surface area contributed by atoms with E-state index in [1.165, 1.54) is 0 Å². The molecule has 0 saturated heterocycles. The second-order valence-electron chi connectivity index (χ2n) is 9.46. The fourth-order valence-electron chi connectivity index (χ4n) is 4.82. The Bertz CT molecular complexity index is 1060. The van der Waals surface area contributed by atoms with Crippen molar-refractivity contribution in [3.8, 4) is 10.6 Å². The molecule has 7 heteroatoms. The quantitative estimate of drug-likeness (QED) is 0.533. The molecule has 1 unspecified atom stereocenters. The Morgan fingerprint density at radius 3 is 2.73 bits per heavy atom. The lowest BCUT2D eigenvalue weighted by molar-refractivity contribution is 0.205. The van der Waals surface area contributed by atoms with Gasteiger partial charge in [0.05, 0.1) is 27.6 Å². The topological polar surface area (TPSA) is 83.0 Å². The maximum absolute atomic E-state index is 10.1. The fourth-order valence-corrected chi connectivity index (χ4v) is 5.88. The van der Waals surface area contributed by atoms with E-state index >= 15 is 0 Å². The van der Waals surface area contributed by atoms with Gasteiger partial charge >= 0.3 is 0 Å². The largest absolute Gasteiger partial charge is 0.392 e. The van der Waals surface area contributed by atoms with Crippen LogP contribution in [0.25, 0.3) is 20.8 Å². The molecular formula is C23H29N5OS. The van der Waals surface area contributed by atoms with Crippen molar-refractivity contribution >= 4 is 33.3 Å². The number of aliphatic hydroxyl groups is 1. The van der Waals surface area contributed by atoms with Crippen molar-refractivity contribution < 1.29 is 5.11 Å². The van der Waals surface area contributed by atoms with Gasteiger partial charge in [-0.3, -0.25) is 0 Å². The number of benzene rings is 1. The molecular weight excluding hydrogens is 394 g/mol. The van der Waals surface area contributed by atoms with E-state index in [4.69, 9.17) is 15.0 Å². The summed E-state index contributed by atoms with van der Waals surface area (Å²) in [6, 6.07) is 8.52. The van der Waals surface area contributed by atoms with Crippen LogP contribution in [0.5, 0.6) is 0 Å². The van der Waals surface area contributed by atoms with Crippen LogP contribution in [0.2, 0.25) is 0 Å². The van der Waals surface area contributed by atoms with E-state index in [9.17, 15) is 5.11 Å². The zero-order valence-corrected chi connectivity index (χ0v) is 18.8. The minimum absolute atomic E-state index is 0.0640. The normalized spacial score (nSPS) is 27.5. The molecule has 6 nitrogen and oxygen atoms in total. The summed E-state index contributed by atoms with van der Waals surface area (Å²) in [5.74, 6) is 2.42. The molecule has 30 heavy (non-hydrogen) atoms. The minimum Gasteiger partial charge on any atom is -0.392 e. The molecule has 2 heterocycles. The van der Waals surface area contributed by atoms with Crippen LogP contribution >= 0.6 is 11.3 Å². The molecule has 5 rings (SSSR count). The maximum Gasteiger partial charge on any atom is 0.224 e. The molecule has 0 amide bonds. The maximum atomic E-state index is 10.1. The van der Waals surface area contributed by atoms with E-state index < -0.39 is 0 Å². The van der Waals surface area contributed by atoms with Gasteiger partial charge in [0.1, 0.15) is 10.8 Å². The van der Waals surface area contributed by atoms with Gasteiger partial charge in [0, 0.05) is 18.0 Å². The van der Waals surface area contributed by atoms with E-state index in [1.54, 1.807) is 11.3 Å². The number of nitrogens with one attached hydrogen (secondary N) is 2. The van der Waals surface area contributed by atoms with E-state index in [0.717, 1.165) is 51.7 Å². The lowest BCUT2D eigenvalue weighted by Gasteiger charge is -2.21. The van der Waals surface area contributed by atoms with E-state index in [2.05, 4.69) is 37.5 Å².